The summed E-state index contributed by atoms with van der Waals surface area (Å²) in [4.78, 5) is 23.0. The first kappa shape index (κ1) is 25.7. The maximum absolute atomic E-state index is 11.5. The lowest BCUT2D eigenvalue weighted by Gasteiger charge is -2.23. The summed E-state index contributed by atoms with van der Waals surface area (Å²) in [5.41, 5.74) is -0.835. The fourth-order valence-electron chi connectivity index (χ4n) is 5.11. The van der Waals surface area contributed by atoms with Gasteiger partial charge in [-0.1, -0.05) is 70.9 Å². The lowest BCUT2D eigenvalue weighted by atomic mass is 9.81. The van der Waals surface area contributed by atoms with Crippen LogP contribution in [0.15, 0.2) is 12.2 Å². The quantitative estimate of drug-likeness (QED) is 0.246. The van der Waals surface area contributed by atoms with Gasteiger partial charge in [0.15, 0.2) is 0 Å². The second-order valence-electron chi connectivity index (χ2n) is 8.90. The molecule has 2 fully saturated rings. The summed E-state index contributed by atoms with van der Waals surface area (Å²) in [7, 11) is 0. The summed E-state index contributed by atoms with van der Waals surface area (Å²) in [5, 5.41) is 19.0. The molecule has 0 saturated heterocycles. The molecule has 0 spiro atoms. The molecule has 2 rings (SSSR count). The van der Waals surface area contributed by atoms with Gasteiger partial charge in [0.25, 0.3) is 0 Å². The predicted octanol–water partition coefficient (Wildman–Crippen LogP) is 7.37. The molecule has 2 aliphatic rings. The Bertz CT molecular complexity index is 497. The molecule has 0 heterocycles. The third-order valence-corrected chi connectivity index (χ3v) is 7.00. The molecule has 4 nitrogen and oxygen atoms in total. The van der Waals surface area contributed by atoms with Gasteiger partial charge < -0.3 is 10.2 Å². The Hall–Kier alpha value is -1.32. The van der Waals surface area contributed by atoms with E-state index in [-0.39, 0.29) is 0 Å². The van der Waals surface area contributed by atoms with E-state index in [4.69, 9.17) is 0 Å². The topological polar surface area (TPSA) is 74.6 Å². The summed E-state index contributed by atoms with van der Waals surface area (Å²) in [5.74, 6) is -1.17. The Kier molecular flexibility index (Phi) is 12.3. The monoisotopic (exact) mass is 408 g/mol. The lowest BCUT2D eigenvalue weighted by Crippen LogP contribution is -2.27. The molecule has 0 bridgehead atoms. The van der Waals surface area contributed by atoms with Crippen LogP contribution in [0.1, 0.15) is 123 Å². The fourth-order valence-corrected chi connectivity index (χ4v) is 5.11. The van der Waals surface area contributed by atoms with Crippen LogP contribution >= 0.6 is 0 Å². The van der Waals surface area contributed by atoms with E-state index in [0.717, 1.165) is 109 Å². The number of unbranched alkanes of at least 4 members (excludes halogenated alkanes) is 5. The molecule has 0 radical (unpaired) electrons. The van der Waals surface area contributed by atoms with Gasteiger partial charge in [-0.3, -0.25) is 9.59 Å². The van der Waals surface area contributed by atoms with Crippen molar-refractivity contribution in [3.8, 4) is 0 Å². The summed E-state index contributed by atoms with van der Waals surface area (Å²) >= 11 is 0. The smallest absolute Gasteiger partial charge is 0.309 e. The SMILES string of the molecule is CC.O=C(O)C1(CCCC/C=C\CCCCCC2(C(=O)O)CCCC2)CCCC1. The summed E-state index contributed by atoms with van der Waals surface area (Å²) < 4.78 is 0. The molecule has 2 aliphatic carbocycles. The summed E-state index contributed by atoms with van der Waals surface area (Å²) in [6, 6.07) is 0. The van der Waals surface area contributed by atoms with Gasteiger partial charge in [0.05, 0.1) is 10.8 Å². The van der Waals surface area contributed by atoms with Crippen molar-refractivity contribution in [3.63, 3.8) is 0 Å². The molecule has 29 heavy (non-hydrogen) atoms. The molecule has 2 saturated carbocycles. The average molecular weight is 409 g/mol. The predicted molar refractivity (Wildman–Crippen MR) is 119 cm³/mol. The number of carbonyl (C=O) groups is 2. The second kappa shape index (κ2) is 13.8. The van der Waals surface area contributed by atoms with E-state index in [2.05, 4.69) is 12.2 Å². The first-order valence-electron chi connectivity index (χ1n) is 12.1. The third kappa shape index (κ3) is 8.14. The number of carboxylic acid groups (broad SMARTS) is 2. The number of aliphatic carboxylic acids is 2. The van der Waals surface area contributed by atoms with E-state index in [0.29, 0.717) is 0 Å². The number of carboxylic acids is 2. The van der Waals surface area contributed by atoms with E-state index in [1.165, 1.54) is 0 Å². The van der Waals surface area contributed by atoms with E-state index in [1.54, 1.807) is 0 Å². The van der Waals surface area contributed by atoms with Crippen LogP contribution in [0, 0.1) is 10.8 Å². The number of hydrogen-bond acceptors (Lipinski definition) is 2. The minimum Gasteiger partial charge on any atom is -0.481 e. The van der Waals surface area contributed by atoms with Crippen LogP contribution in [0.5, 0.6) is 0 Å². The van der Waals surface area contributed by atoms with Crippen molar-refractivity contribution in [1.82, 2.24) is 0 Å². The molecule has 2 N–H and O–H groups in total. The fraction of sp³-hybridized carbons (Fsp3) is 0.840. The van der Waals surface area contributed by atoms with Crippen LogP contribution in [-0.4, -0.2) is 22.2 Å². The molecule has 4 heteroatoms. The highest BCUT2D eigenvalue weighted by Gasteiger charge is 2.41. The molecule has 0 unspecified atom stereocenters. The molecule has 0 atom stereocenters. The van der Waals surface area contributed by atoms with Crippen molar-refractivity contribution in [3.05, 3.63) is 12.2 Å². The Morgan fingerprint density at radius 3 is 1.38 bits per heavy atom. The zero-order chi connectivity index (χ0) is 21.6. The van der Waals surface area contributed by atoms with Gasteiger partial charge >= 0.3 is 11.9 Å². The maximum Gasteiger partial charge on any atom is 0.309 e. The highest BCUT2D eigenvalue weighted by Crippen LogP contribution is 2.43. The van der Waals surface area contributed by atoms with Gasteiger partial charge in [0.1, 0.15) is 0 Å². The van der Waals surface area contributed by atoms with Crippen molar-refractivity contribution in [1.29, 1.82) is 0 Å². The minimum atomic E-state index is -0.585. The first-order valence-corrected chi connectivity index (χ1v) is 12.1. The van der Waals surface area contributed by atoms with Crippen molar-refractivity contribution in [2.45, 2.75) is 123 Å². The Morgan fingerprint density at radius 2 is 1.00 bits per heavy atom. The van der Waals surface area contributed by atoms with Crippen LogP contribution < -0.4 is 0 Å². The molecule has 0 aliphatic heterocycles. The summed E-state index contributed by atoms with van der Waals surface area (Å²) in [6.07, 6.45) is 21.4. The normalized spacial score (nSPS) is 19.8. The van der Waals surface area contributed by atoms with E-state index in [9.17, 15) is 19.8 Å². The van der Waals surface area contributed by atoms with Gasteiger partial charge in [-0.15, -0.1) is 0 Å². The molecule has 0 aromatic rings. The van der Waals surface area contributed by atoms with E-state index < -0.39 is 22.8 Å². The van der Waals surface area contributed by atoms with Gasteiger partial charge in [0.2, 0.25) is 0 Å². The van der Waals surface area contributed by atoms with Crippen LogP contribution in [0.3, 0.4) is 0 Å². The van der Waals surface area contributed by atoms with Crippen molar-refractivity contribution < 1.29 is 19.8 Å². The van der Waals surface area contributed by atoms with E-state index >= 15 is 0 Å². The van der Waals surface area contributed by atoms with Gasteiger partial charge in [-0.05, 0) is 64.2 Å². The van der Waals surface area contributed by atoms with Gasteiger partial charge in [0, 0.05) is 0 Å². The van der Waals surface area contributed by atoms with E-state index in [1.807, 2.05) is 13.8 Å². The van der Waals surface area contributed by atoms with Crippen LogP contribution in [0.25, 0.3) is 0 Å². The number of rotatable bonds is 13. The molecule has 0 aromatic carbocycles. The third-order valence-electron chi connectivity index (χ3n) is 7.00. The minimum absolute atomic E-state index is 0.414. The van der Waals surface area contributed by atoms with Gasteiger partial charge in [-0.25, -0.2) is 0 Å². The van der Waals surface area contributed by atoms with Crippen molar-refractivity contribution in [2.24, 2.45) is 10.8 Å². The molecular weight excluding hydrogens is 364 g/mol. The van der Waals surface area contributed by atoms with Crippen LogP contribution in [0.4, 0.5) is 0 Å². The molecule has 0 aromatic heterocycles. The Morgan fingerprint density at radius 1 is 0.655 bits per heavy atom. The number of hydrogen-bond donors (Lipinski definition) is 2. The standard InChI is InChI=1S/C23H38O4.C2H6/c24-20(25)22(16-10-11-17-22)14-8-6-4-2-1-3-5-7-9-15-23(21(26)27)18-12-13-19-23;1-2/h1-2H,3-19H2,(H,24,25)(H,26,27);1-2H3/b2-1-;. The van der Waals surface area contributed by atoms with Gasteiger partial charge in [-0.2, -0.15) is 0 Å². The zero-order valence-electron chi connectivity index (χ0n) is 18.9. The van der Waals surface area contributed by atoms with Crippen LogP contribution in [0.2, 0.25) is 0 Å². The highest BCUT2D eigenvalue weighted by atomic mass is 16.4. The maximum atomic E-state index is 11.5. The highest BCUT2D eigenvalue weighted by molar-refractivity contribution is 5.75. The molecule has 0 amide bonds. The van der Waals surface area contributed by atoms with Crippen molar-refractivity contribution >= 4 is 11.9 Å². The lowest BCUT2D eigenvalue weighted by molar-refractivity contribution is -0.150. The largest absolute Gasteiger partial charge is 0.481 e. The van der Waals surface area contributed by atoms with Crippen LogP contribution in [-0.2, 0) is 9.59 Å². The molecule has 168 valence electrons. The summed E-state index contributed by atoms with van der Waals surface area (Å²) in [6.45, 7) is 4.00. The zero-order valence-corrected chi connectivity index (χ0v) is 18.9. The van der Waals surface area contributed by atoms with Crippen molar-refractivity contribution in [2.75, 3.05) is 0 Å². The Balaban J connectivity index is 0.00000204. The Labute approximate surface area is 178 Å². The molecular formula is C25H44O4. The average Bonchev–Trinajstić information content (AvgIpc) is 3.39. The second-order valence-corrected chi connectivity index (χ2v) is 8.90. The first-order chi connectivity index (χ1) is 14.0. The number of allylic oxidation sites excluding steroid dienone is 2.